The van der Waals surface area contributed by atoms with Crippen molar-refractivity contribution in [1.82, 2.24) is 25.0 Å². The van der Waals surface area contributed by atoms with E-state index in [0.717, 1.165) is 17.8 Å². The van der Waals surface area contributed by atoms with Gasteiger partial charge in [-0.25, -0.2) is 9.67 Å². The van der Waals surface area contributed by atoms with Gasteiger partial charge in [-0.2, -0.15) is 5.10 Å². The monoisotopic (exact) mass is 335 g/mol. The normalized spacial score (nSPS) is 10.8. The van der Waals surface area contributed by atoms with Gasteiger partial charge in [-0.1, -0.05) is 24.3 Å². The molecule has 0 bridgehead atoms. The van der Waals surface area contributed by atoms with E-state index in [-0.39, 0.29) is 5.91 Å². The van der Waals surface area contributed by atoms with Crippen molar-refractivity contribution in [3.05, 3.63) is 77.9 Å². The third-order valence-electron chi connectivity index (χ3n) is 3.79. The molecule has 2 aromatic carbocycles. The minimum atomic E-state index is -0.0949. The molecule has 0 aliphatic carbocycles. The standard InChI is InChI=1S/C19H21N5O/c1-23(2)12-16-5-3-15(4-6-16)11-21-19(25)17-7-9-18(10-8-17)24-14-20-13-22-24/h3-10,13-14H,11-12H2,1-2H3,(H,21,25). The largest absolute Gasteiger partial charge is 0.348 e. The highest BCUT2D eigenvalue weighted by atomic mass is 16.1. The van der Waals surface area contributed by atoms with Gasteiger partial charge in [-0.3, -0.25) is 4.79 Å². The van der Waals surface area contributed by atoms with E-state index in [0.29, 0.717) is 12.1 Å². The van der Waals surface area contributed by atoms with Crippen LogP contribution in [-0.4, -0.2) is 39.7 Å². The summed E-state index contributed by atoms with van der Waals surface area (Å²) in [6, 6.07) is 15.5. The zero-order valence-electron chi connectivity index (χ0n) is 14.4. The molecule has 0 atom stereocenters. The van der Waals surface area contributed by atoms with Crippen LogP contribution in [0.5, 0.6) is 0 Å². The third kappa shape index (κ3) is 4.51. The number of rotatable bonds is 6. The van der Waals surface area contributed by atoms with Crippen LogP contribution in [0.2, 0.25) is 0 Å². The Morgan fingerprint density at radius 1 is 1.04 bits per heavy atom. The molecule has 6 heteroatoms. The van der Waals surface area contributed by atoms with Crippen molar-refractivity contribution in [2.75, 3.05) is 14.1 Å². The van der Waals surface area contributed by atoms with Gasteiger partial charge < -0.3 is 10.2 Å². The summed E-state index contributed by atoms with van der Waals surface area (Å²) in [5, 5.41) is 7.01. The molecule has 0 aliphatic rings. The van der Waals surface area contributed by atoms with Gasteiger partial charge in [-0.15, -0.1) is 0 Å². The summed E-state index contributed by atoms with van der Waals surface area (Å²) in [6.07, 6.45) is 3.10. The van der Waals surface area contributed by atoms with E-state index in [1.807, 2.05) is 38.4 Å². The van der Waals surface area contributed by atoms with Crippen LogP contribution >= 0.6 is 0 Å². The van der Waals surface area contributed by atoms with Crippen LogP contribution in [-0.2, 0) is 13.1 Å². The van der Waals surface area contributed by atoms with Crippen LogP contribution in [0.15, 0.2) is 61.2 Å². The molecule has 3 aromatic rings. The Balaban J connectivity index is 1.57. The number of nitrogens with zero attached hydrogens (tertiary/aromatic N) is 4. The second kappa shape index (κ2) is 7.72. The average Bonchev–Trinajstić information content (AvgIpc) is 3.15. The Morgan fingerprint density at radius 3 is 2.32 bits per heavy atom. The smallest absolute Gasteiger partial charge is 0.251 e. The molecule has 6 nitrogen and oxygen atoms in total. The molecule has 0 aliphatic heterocycles. The molecule has 0 radical (unpaired) electrons. The lowest BCUT2D eigenvalue weighted by atomic mass is 10.1. The maximum Gasteiger partial charge on any atom is 0.251 e. The van der Waals surface area contributed by atoms with Crippen molar-refractivity contribution in [3.63, 3.8) is 0 Å². The molecule has 1 amide bonds. The highest BCUT2D eigenvalue weighted by molar-refractivity contribution is 5.94. The number of nitrogens with one attached hydrogen (secondary N) is 1. The summed E-state index contributed by atoms with van der Waals surface area (Å²) in [7, 11) is 4.09. The summed E-state index contributed by atoms with van der Waals surface area (Å²) in [6.45, 7) is 1.41. The van der Waals surface area contributed by atoms with Crippen LogP contribution in [0.25, 0.3) is 5.69 Å². The van der Waals surface area contributed by atoms with Crippen LogP contribution in [0.3, 0.4) is 0 Å². The predicted octanol–water partition coefficient (Wildman–Crippen LogP) is 2.26. The van der Waals surface area contributed by atoms with Crippen LogP contribution in [0.1, 0.15) is 21.5 Å². The summed E-state index contributed by atoms with van der Waals surface area (Å²) in [5.74, 6) is -0.0949. The number of aromatic nitrogens is 3. The molecular weight excluding hydrogens is 314 g/mol. The summed E-state index contributed by atoms with van der Waals surface area (Å²) < 4.78 is 1.65. The van der Waals surface area contributed by atoms with Crippen molar-refractivity contribution in [1.29, 1.82) is 0 Å². The quantitative estimate of drug-likeness (QED) is 0.750. The Morgan fingerprint density at radius 2 is 1.72 bits per heavy atom. The lowest BCUT2D eigenvalue weighted by Crippen LogP contribution is -2.22. The number of amides is 1. The molecule has 1 heterocycles. The predicted molar refractivity (Wildman–Crippen MR) is 96.4 cm³/mol. The molecule has 3 rings (SSSR count). The van der Waals surface area contributed by atoms with E-state index in [4.69, 9.17) is 0 Å². The van der Waals surface area contributed by atoms with Crippen LogP contribution in [0, 0.1) is 0 Å². The fourth-order valence-electron chi connectivity index (χ4n) is 2.52. The van der Waals surface area contributed by atoms with Crippen molar-refractivity contribution in [2.45, 2.75) is 13.1 Å². The molecule has 0 spiro atoms. The first kappa shape index (κ1) is 16.9. The molecule has 1 N–H and O–H groups in total. The molecular formula is C19H21N5O. The second-order valence-corrected chi connectivity index (χ2v) is 6.12. The van der Waals surface area contributed by atoms with Gasteiger partial charge >= 0.3 is 0 Å². The van der Waals surface area contributed by atoms with Crippen molar-refractivity contribution in [2.24, 2.45) is 0 Å². The van der Waals surface area contributed by atoms with Gasteiger partial charge in [0.25, 0.3) is 5.91 Å². The Bertz CT molecular complexity index is 808. The van der Waals surface area contributed by atoms with E-state index in [1.165, 1.54) is 11.9 Å². The zero-order chi connectivity index (χ0) is 17.6. The fraction of sp³-hybridized carbons (Fsp3) is 0.211. The molecule has 0 saturated carbocycles. The van der Waals surface area contributed by atoms with E-state index in [1.54, 1.807) is 23.1 Å². The van der Waals surface area contributed by atoms with Gasteiger partial charge in [0.1, 0.15) is 12.7 Å². The first-order chi connectivity index (χ1) is 12.1. The maximum atomic E-state index is 12.3. The fourth-order valence-corrected chi connectivity index (χ4v) is 2.52. The molecule has 1 aromatic heterocycles. The topological polar surface area (TPSA) is 63.1 Å². The van der Waals surface area contributed by atoms with Gasteiger partial charge in [0.05, 0.1) is 5.69 Å². The second-order valence-electron chi connectivity index (χ2n) is 6.12. The molecule has 128 valence electrons. The SMILES string of the molecule is CN(C)Cc1ccc(CNC(=O)c2ccc(-n3cncn3)cc2)cc1. The highest BCUT2D eigenvalue weighted by Crippen LogP contribution is 2.09. The van der Waals surface area contributed by atoms with Crippen molar-refractivity contribution in [3.8, 4) is 5.69 Å². The number of carbonyl (C=O) groups is 1. The van der Waals surface area contributed by atoms with Gasteiger partial charge in [0.2, 0.25) is 0 Å². The number of hydrogen-bond acceptors (Lipinski definition) is 4. The van der Waals surface area contributed by atoms with Crippen LogP contribution < -0.4 is 5.32 Å². The Kier molecular flexibility index (Phi) is 5.20. The van der Waals surface area contributed by atoms with E-state index >= 15 is 0 Å². The summed E-state index contributed by atoms with van der Waals surface area (Å²) in [4.78, 5) is 18.3. The highest BCUT2D eigenvalue weighted by Gasteiger charge is 2.06. The minimum absolute atomic E-state index is 0.0949. The Hall–Kier alpha value is -2.99. The van der Waals surface area contributed by atoms with Gasteiger partial charge in [-0.05, 0) is 49.5 Å². The first-order valence-corrected chi connectivity index (χ1v) is 8.07. The van der Waals surface area contributed by atoms with Crippen molar-refractivity contribution < 1.29 is 4.79 Å². The lowest BCUT2D eigenvalue weighted by molar-refractivity contribution is 0.0951. The van der Waals surface area contributed by atoms with Crippen molar-refractivity contribution >= 4 is 5.91 Å². The maximum absolute atomic E-state index is 12.3. The minimum Gasteiger partial charge on any atom is -0.348 e. The Labute approximate surface area is 147 Å². The molecule has 0 unspecified atom stereocenters. The number of carbonyl (C=O) groups excluding carboxylic acids is 1. The van der Waals surface area contributed by atoms with Gasteiger partial charge in [0, 0.05) is 18.7 Å². The zero-order valence-corrected chi connectivity index (χ0v) is 14.4. The third-order valence-corrected chi connectivity index (χ3v) is 3.79. The average molecular weight is 335 g/mol. The number of benzene rings is 2. The van der Waals surface area contributed by atoms with Crippen LogP contribution in [0.4, 0.5) is 0 Å². The number of hydrogen-bond donors (Lipinski definition) is 1. The lowest BCUT2D eigenvalue weighted by Gasteiger charge is -2.10. The van der Waals surface area contributed by atoms with E-state index in [2.05, 4.69) is 32.4 Å². The van der Waals surface area contributed by atoms with E-state index < -0.39 is 0 Å². The molecule has 25 heavy (non-hydrogen) atoms. The first-order valence-electron chi connectivity index (χ1n) is 8.07. The van der Waals surface area contributed by atoms with E-state index in [9.17, 15) is 4.79 Å². The molecule has 0 saturated heterocycles. The summed E-state index contributed by atoms with van der Waals surface area (Å²) >= 11 is 0. The summed E-state index contributed by atoms with van der Waals surface area (Å²) in [5.41, 5.74) is 3.82. The molecule has 0 fully saturated rings. The van der Waals surface area contributed by atoms with Gasteiger partial charge in [0.15, 0.2) is 0 Å².